The molecule has 1 N–H and O–H groups in total. The summed E-state index contributed by atoms with van der Waals surface area (Å²) in [7, 11) is 0. The molecule has 11 heteroatoms. The van der Waals surface area contributed by atoms with Gasteiger partial charge in [0.05, 0.1) is 16.2 Å². The summed E-state index contributed by atoms with van der Waals surface area (Å²) in [6.07, 6.45) is 6.30. The number of piperidine rings is 1. The summed E-state index contributed by atoms with van der Waals surface area (Å²) in [5, 5.41) is 22.9. The Kier molecular flexibility index (Phi) is 5.76. The van der Waals surface area contributed by atoms with Crippen LogP contribution in [0, 0.1) is 34.3 Å². The zero-order valence-electron chi connectivity index (χ0n) is 17.3. The number of nitriles is 1. The van der Waals surface area contributed by atoms with Gasteiger partial charge in [-0.25, -0.2) is 15.0 Å². The summed E-state index contributed by atoms with van der Waals surface area (Å²) in [6, 6.07) is 7.62. The molecule has 0 spiro atoms. The fourth-order valence-electron chi connectivity index (χ4n) is 3.71. The van der Waals surface area contributed by atoms with Crippen LogP contribution in [0.25, 0.3) is 5.82 Å². The van der Waals surface area contributed by atoms with Crippen molar-refractivity contribution in [1.29, 1.82) is 5.26 Å². The monoisotopic (exact) mass is 432 g/mol. The highest BCUT2D eigenvalue weighted by Gasteiger charge is 2.26. The molecule has 162 valence electrons. The van der Waals surface area contributed by atoms with E-state index >= 15 is 0 Å². The molecule has 1 amide bonds. The molecule has 3 heterocycles. The van der Waals surface area contributed by atoms with Crippen molar-refractivity contribution in [1.82, 2.24) is 19.5 Å². The van der Waals surface area contributed by atoms with Crippen LogP contribution in [-0.2, 0) is 4.79 Å². The van der Waals surface area contributed by atoms with Gasteiger partial charge in [-0.2, -0.15) is 5.26 Å². The number of aryl methyl sites for hydroxylation is 1. The second kappa shape index (κ2) is 8.81. The van der Waals surface area contributed by atoms with Gasteiger partial charge in [-0.1, -0.05) is 0 Å². The number of nitro groups is 1. The van der Waals surface area contributed by atoms with Crippen molar-refractivity contribution < 1.29 is 9.72 Å². The molecule has 1 fully saturated rings. The van der Waals surface area contributed by atoms with E-state index in [0.717, 1.165) is 23.5 Å². The number of hydrogen-bond donors (Lipinski definition) is 1. The molecule has 1 saturated heterocycles. The van der Waals surface area contributed by atoms with Gasteiger partial charge in [0, 0.05) is 49.6 Å². The highest BCUT2D eigenvalue weighted by atomic mass is 16.6. The number of carbonyl (C=O) groups is 1. The summed E-state index contributed by atoms with van der Waals surface area (Å²) in [4.78, 5) is 38.1. The van der Waals surface area contributed by atoms with Gasteiger partial charge >= 0.3 is 0 Å². The zero-order valence-corrected chi connectivity index (χ0v) is 17.3. The van der Waals surface area contributed by atoms with Crippen LogP contribution in [0.3, 0.4) is 0 Å². The first-order valence-corrected chi connectivity index (χ1v) is 10.0. The Labute approximate surface area is 183 Å². The van der Waals surface area contributed by atoms with Crippen molar-refractivity contribution in [3.63, 3.8) is 0 Å². The average molecular weight is 432 g/mol. The minimum absolute atomic E-state index is 0.0632. The number of imidazole rings is 1. The molecular formula is C21H20N8O3. The number of aromatic nitrogens is 4. The van der Waals surface area contributed by atoms with Crippen molar-refractivity contribution >= 4 is 23.1 Å². The van der Waals surface area contributed by atoms with E-state index in [1.54, 1.807) is 6.20 Å². The topological polar surface area (TPSA) is 143 Å². The minimum Gasteiger partial charge on any atom is -0.356 e. The van der Waals surface area contributed by atoms with E-state index in [1.807, 2.05) is 29.8 Å². The van der Waals surface area contributed by atoms with Gasteiger partial charge in [0.15, 0.2) is 0 Å². The second-order valence-electron chi connectivity index (χ2n) is 7.43. The Balaban J connectivity index is 1.40. The van der Waals surface area contributed by atoms with Gasteiger partial charge in [-0.15, -0.1) is 0 Å². The maximum Gasteiger partial charge on any atom is 0.270 e. The van der Waals surface area contributed by atoms with Gasteiger partial charge in [0.25, 0.3) is 5.69 Å². The number of hydrogen-bond acceptors (Lipinski definition) is 8. The van der Waals surface area contributed by atoms with Crippen LogP contribution < -0.4 is 10.2 Å². The van der Waals surface area contributed by atoms with Crippen molar-refractivity contribution in [2.75, 3.05) is 23.3 Å². The molecule has 0 aliphatic carbocycles. The summed E-state index contributed by atoms with van der Waals surface area (Å²) >= 11 is 0. The van der Waals surface area contributed by atoms with Crippen molar-refractivity contribution in [3.8, 4) is 11.9 Å². The Bertz CT molecular complexity index is 1210. The van der Waals surface area contributed by atoms with E-state index in [2.05, 4.69) is 25.2 Å². The molecule has 3 aromatic rings. The zero-order chi connectivity index (χ0) is 22.7. The van der Waals surface area contributed by atoms with Crippen molar-refractivity contribution in [2.24, 2.45) is 5.92 Å². The summed E-state index contributed by atoms with van der Waals surface area (Å²) in [5.41, 5.74) is 0.151. The van der Waals surface area contributed by atoms with Gasteiger partial charge in [-0.3, -0.25) is 19.5 Å². The van der Waals surface area contributed by atoms with E-state index < -0.39 is 4.92 Å². The molecule has 1 aromatic carbocycles. The van der Waals surface area contributed by atoms with Crippen molar-refractivity contribution in [2.45, 2.75) is 19.8 Å². The number of rotatable bonds is 5. The Morgan fingerprint density at radius 2 is 1.97 bits per heavy atom. The third-order valence-corrected chi connectivity index (χ3v) is 5.49. The predicted molar refractivity (Wildman–Crippen MR) is 115 cm³/mol. The number of carbonyl (C=O) groups excluding carboxylic acids is 1. The van der Waals surface area contributed by atoms with Gasteiger partial charge in [0.2, 0.25) is 5.91 Å². The standard InChI is InChI=1S/C21H20N8O3/c1-14-23-6-9-28(14)20-11-19(24-13-25-20)27-7-4-15(5-8-27)21(30)26-18-3-2-17(29(31)32)10-16(18)12-22/h2-3,6,9-11,13,15H,4-5,7-8H2,1H3,(H,26,30). The fraction of sp³-hybridized carbons (Fsp3) is 0.286. The quantitative estimate of drug-likeness (QED) is 0.479. The number of anilines is 2. The van der Waals surface area contributed by atoms with Crippen LogP contribution in [0.4, 0.5) is 17.2 Å². The van der Waals surface area contributed by atoms with Crippen molar-refractivity contribution in [3.05, 3.63) is 64.5 Å². The molecule has 1 aliphatic heterocycles. The van der Waals surface area contributed by atoms with Gasteiger partial charge in [-0.05, 0) is 25.8 Å². The molecule has 0 unspecified atom stereocenters. The Morgan fingerprint density at radius 1 is 1.22 bits per heavy atom. The maximum atomic E-state index is 12.7. The number of nitrogens with one attached hydrogen (secondary N) is 1. The molecule has 0 bridgehead atoms. The number of nitrogens with zero attached hydrogens (tertiary/aromatic N) is 7. The Morgan fingerprint density at radius 3 is 2.62 bits per heavy atom. The third-order valence-electron chi connectivity index (χ3n) is 5.49. The number of benzene rings is 1. The maximum absolute atomic E-state index is 12.7. The van der Waals surface area contributed by atoms with Crippen LogP contribution in [0.1, 0.15) is 24.2 Å². The lowest BCUT2D eigenvalue weighted by Crippen LogP contribution is -2.38. The van der Waals surface area contributed by atoms with E-state index in [4.69, 9.17) is 0 Å². The molecule has 0 radical (unpaired) electrons. The molecular weight excluding hydrogens is 412 g/mol. The summed E-state index contributed by atoms with van der Waals surface area (Å²) in [6.45, 7) is 3.18. The number of non-ortho nitro benzene ring substituents is 1. The van der Waals surface area contributed by atoms with E-state index in [9.17, 15) is 20.2 Å². The van der Waals surface area contributed by atoms with E-state index in [-0.39, 0.29) is 28.8 Å². The molecule has 32 heavy (non-hydrogen) atoms. The first kappa shape index (κ1) is 20.9. The van der Waals surface area contributed by atoms with Crippen LogP contribution >= 0.6 is 0 Å². The smallest absolute Gasteiger partial charge is 0.270 e. The first-order chi connectivity index (χ1) is 15.5. The molecule has 11 nitrogen and oxygen atoms in total. The normalized spacial score (nSPS) is 14.1. The first-order valence-electron chi connectivity index (χ1n) is 10.0. The van der Waals surface area contributed by atoms with Crippen LogP contribution in [-0.4, -0.2) is 43.4 Å². The molecule has 0 saturated carbocycles. The largest absolute Gasteiger partial charge is 0.356 e. The fourth-order valence-corrected chi connectivity index (χ4v) is 3.71. The second-order valence-corrected chi connectivity index (χ2v) is 7.43. The lowest BCUT2D eigenvalue weighted by Gasteiger charge is -2.32. The van der Waals surface area contributed by atoms with Gasteiger partial charge < -0.3 is 10.2 Å². The minimum atomic E-state index is -0.575. The summed E-state index contributed by atoms with van der Waals surface area (Å²) < 4.78 is 1.88. The summed E-state index contributed by atoms with van der Waals surface area (Å²) in [5.74, 6) is 1.90. The van der Waals surface area contributed by atoms with Gasteiger partial charge in [0.1, 0.15) is 29.9 Å². The average Bonchev–Trinajstić information content (AvgIpc) is 3.25. The van der Waals surface area contributed by atoms with Crippen LogP contribution in [0.15, 0.2) is 43.0 Å². The van der Waals surface area contributed by atoms with E-state index in [1.165, 1.54) is 18.5 Å². The molecule has 4 rings (SSSR count). The lowest BCUT2D eigenvalue weighted by molar-refractivity contribution is -0.384. The highest BCUT2D eigenvalue weighted by molar-refractivity contribution is 5.94. The van der Waals surface area contributed by atoms with Crippen LogP contribution in [0.5, 0.6) is 0 Å². The predicted octanol–water partition coefficient (Wildman–Crippen LogP) is 2.61. The van der Waals surface area contributed by atoms with Crippen LogP contribution in [0.2, 0.25) is 0 Å². The number of amides is 1. The number of nitro benzene ring substituents is 1. The lowest BCUT2D eigenvalue weighted by atomic mass is 9.95. The molecule has 1 aliphatic rings. The highest BCUT2D eigenvalue weighted by Crippen LogP contribution is 2.26. The third kappa shape index (κ3) is 4.24. The SMILES string of the molecule is Cc1nccn1-c1cc(N2CCC(C(=O)Nc3ccc([N+](=O)[O-])cc3C#N)CC2)ncn1. The van der Waals surface area contributed by atoms with E-state index in [0.29, 0.717) is 25.9 Å². The Hall–Kier alpha value is -4.33. The molecule has 0 atom stereocenters. The molecule has 2 aromatic heterocycles.